The Morgan fingerprint density at radius 2 is 1.88 bits per heavy atom. The first kappa shape index (κ1) is 12.2. The molecule has 1 saturated heterocycles. The van der Waals surface area contributed by atoms with Crippen LogP contribution in [0.2, 0.25) is 0 Å². The summed E-state index contributed by atoms with van der Waals surface area (Å²) in [5.74, 6) is 0. The summed E-state index contributed by atoms with van der Waals surface area (Å²) in [4.78, 5) is 0. The van der Waals surface area contributed by atoms with Crippen molar-refractivity contribution in [2.45, 2.75) is 36.8 Å². The number of hydrogen-bond donors (Lipinski definition) is 2. The van der Waals surface area contributed by atoms with E-state index in [-0.39, 0.29) is 19.4 Å². The zero-order chi connectivity index (χ0) is 11.9. The lowest BCUT2D eigenvalue weighted by Crippen LogP contribution is -2.73. The van der Waals surface area contributed by atoms with Crippen molar-refractivity contribution in [2.24, 2.45) is 11.1 Å². The van der Waals surface area contributed by atoms with Crippen LogP contribution in [-0.4, -0.2) is 42.8 Å². The predicted octanol–water partition coefficient (Wildman–Crippen LogP) is 0.945. The van der Waals surface area contributed by atoms with E-state index in [0.717, 1.165) is 6.42 Å². The molecule has 0 amide bonds. The highest BCUT2D eigenvalue weighted by atomic mass is 19.1. The molecule has 2 rings (SSSR count). The predicted molar refractivity (Wildman–Crippen MR) is 55.5 cm³/mol. The topological polar surface area (TPSA) is 55.5 Å². The minimum Gasteiger partial charge on any atom is -0.388 e. The van der Waals surface area contributed by atoms with E-state index in [1.165, 1.54) is 0 Å². The molecule has 1 heterocycles. The number of halogens is 2. The average Bonchev–Trinajstić information content (AvgIpc) is 2.25. The molecule has 1 aliphatic heterocycles. The number of hydrogen-bond acceptors (Lipinski definition) is 3. The van der Waals surface area contributed by atoms with Gasteiger partial charge in [0.1, 0.15) is 0 Å². The number of aliphatic hydroxyl groups is 1. The second kappa shape index (κ2) is 3.89. The van der Waals surface area contributed by atoms with Gasteiger partial charge in [-0.3, -0.25) is 8.78 Å². The maximum atomic E-state index is 12.7. The fourth-order valence-electron chi connectivity index (χ4n) is 2.95. The van der Waals surface area contributed by atoms with E-state index in [4.69, 9.17) is 10.5 Å². The summed E-state index contributed by atoms with van der Waals surface area (Å²) in [6, 6.07) is 0. The first-order valence-electron chi connectivity index (χ1n) is 5.70. The van der Waals surface area contributed by atoms with Crippen molar-refractivity contribution in [3.8, 4) is 0 Å². The minimum atomic E-state index is -1.16. The molecule has 3 nitrogen and oxygen atoms in total. The van der Waals surface area contributed by atoms with Gasteiger partial charge >= 0.3 is 0 Å². The van der Waals surface area contributed by atoms with Crippen LogP contribution >= 0.6 is 0 Å². The van der Waals surface area contributed by atoms with E-state index in [0.29, 0.717) is 13.0 Å². The van der Waals surface area contributed by atoms with E-state index >= 15 is 0 Å². The summed E-state index contributed by atoms with van der Waals surface area (Å²) in [6.07, 6.45) is 1.65. The Morgan fingerprint density at radius 1 is 1.25 bits per heavy atom. The van der Waals surface area contributed by atoms with Gasteiger partial charge in [-0.25, -0.2) is 0 Å². The molecule has 1 aliphatic carbocycles. The van der Waals surface area contributed by atoms with Crippen LogP contribution in [0, 0.1) is 5.41 Å². The van der Waals surface area contributed by atoms with Crippen LogP contribution in [0.4, 0.5) is 8.78 Å². The van der Waals surface area contributed by atoms with Gasteiger partial charge in [0, 0.05) is 12.0 Å². The maximum Gasteiger partial charge on any atom is 0.0977 e. The molecule has 0 aromatic carbocycles. The van der Waals surface area contributed by atoms with Gasteiger partial charge in [-0.15, -0.1) is 0 Å². The Kier molecular flexibility index (Phi) is 2.97. The number of rotatable bonds is 3. The molecule has 0 bridgehead atoms. The lowest BCUT2D eigenvalue weighted by Gasteiger charge is -2.59. The summed E-state index contributed by atoms with van der Waals surface area (Å²) in [5.41, 5.74) is 3.11. The largest absolute Gasteiger partial charge is 0.388 e. The van der Waals surface area contributed by atoms with E-state index in [1.54, 1.807) is 0 Å². The molecule has 0 aromatic rings. The molecule has 2 fully saturated rings. The van der Waals surface area contributed by atoms with Crippen LogP contribution in [0.3, 0.4) is 0 Å². The maximum absolute atomic E-state index is 12.7. The summed E-state index contributed by atoms with van der Waals surface area (Å²) >= 11 is 0. The van der Waals surface area contributed by atoms with Gasteiger partial charge in [0.25, 0.3) is 0 Å². The van der Waals surface area contributed by atoms with Gasteiger partial charge in [0.15, 0.2) is 0 Å². The summed E-state index contributed by atoms with van der Waals surface area (Å²) in [5, 5.41) is 10.4. The third kappa shape index (κ3) is 1.65. The second-order valence-corrected chi connectivity index (χ2v) is 5.46. The molecular weight excluding hydrogens is 216 g/mol. The van der Waals surface area contributed by atoms with Gasteiger partial charge in [-0.1, -0.05) is 0 Å². The summed E-state index contributed by atoms with van der Waals surface area (Å²) < 4.78 is 30.7. The molecule has 5 heteroatoms. The number of alkyl halides is 2. The van der Waals surface area contributed by atoms with Gasteiger partial charge in [0.2, 0.25) is 0 Å². The molecule has 1 saturated carbocycles. The van der Waals surface area contributed by atoms with Crippen LogP contribution < -0.4 is 5.73 Å². The van der Waals surface area contributed by atoms with Gasteiger partial charge in [-0.2, -0.15) is 0 Å². The fraction of sp³-hybridized carbons (Fsp3) is 1.00. The highest BCUT2D eigenvalue weighted by Crippen LogP contribution is 2.54. The first-order chi connectivity index (χ1) is 7.49. The number of nitrogens with two attached hydrogens (primary N) is 1. The summed E-state index contributed by atoms with van der Waals surface area (Å²) in [6.45, 7) is -0.546. The third-order valence-corrected chi connectivity index (χ3v) is 4.10. The standard InChI is InChI=1S/C11H19F2NO2/c12-6-9(7-13)4-11(15,5-9)10(14)2-1-3-16-8-10/h15H,1-8,14H2. The first-order valence-corrected chi connectivity index (χ1v) is 5.70. The molecule has 2 aliphatic rings. The Balaban J connectivity index is 2.05. The van der Waals surface area contributed by atoms with Crippen LogP contribution in [0.5, 0.6) is 0 Å². The highest BCUT2D eigenvalue weighted by molar-refractivity contribution is 5.16. The van der Waals surface area contributed by atoms with E-state index in [2.05, 4.69) is 0 Å². The van der Waals surface area contributed by atoms with E-state index in [1.807, 2.05) is 0 Å². The molecule has 94 valence electrons. The van der Waals surface area contributed by atoms with Crippen molar-refractivity contribution in [3.63, 3.8) is 0 Å². The minimum absolute atomic E-state index is 0.104. The van der Waals surface area contributed by atoms with Gasteiger partial charge in [-0.05, 0) is 25.7 Å². The zero-order valence-electron chi connectivity index (χ0n) is 9.35. The Hall–Kier alpha value is -0.260. The van der Waals surface area contributed by atoms with Crippen molar-refractivity contribution >= 4 is 0 Å². The monoisotopic (exact) mass is 235 g/mol. The third-order valence-electron chi connectivity index (χ3n) is 4.10. The molecule has 16 heavy (non-hydrogen) atoms. The lowest BCUT2D eigenvalue weighted by atomic mass is 9.53. The van der Waals surface area contributed by atoms with Crippen LogP contribution in [-0.2, 0) is 4.74 Å². The fourth-order valence-corrected chi connectivity index (χ4v) is 2.95. The zero-order valence-corrected chi connectivity index (χ0v) is 9.35. The summed E-state index contributed by atoms with van der Waals surface area (Å²) in [7, 11) is 0. The number of ether oxygens (including phenoxy) is 1. The lowest BCUT2D eigenvalue weighted by molar-refractivity contribution is -0.205. The second-order valence-electron chi connectivity index (χ2n) is 5.46. The molecule has 1 unspecified atom stereocenters. The highest BCUT2D eigenvalue weighted by Gasteiger charge is 2.62. The van der Waals surface area contributed by atoms with Crippen molar-refractivity contribution in [3.05, 3.63) is 0 Å². The van der Waals surface area contributed by atoms with Crippen molar-refractivity contribution in [1.82, 2.24) is 0 Å². The molecule has 0 aromatic heterocycles. The van der Waals surface area contributed by atoms with Crippen LogP contribution in [0.1, 0.15) is 25.7 Å². The molecule has 0 spiro atoms. The van der Waals surface area contributed by atoms with E-state index in [9.17, 15) is 13.9 Å². The Bertz CT molecular complexity index is 255. The van der Waals surface area contributed by atoms with Crippen molar-refractivity contribution in [2.75, 3.05) is 26.6 Å². The average molecular weight is 235 g/mol. The smallest absolute Gasteiger partial charge is 0.0977 e. The van der Waals surface area contributed by atoms with Crippen LogP contribution in [0.15, 0.2) is 0 Å². The molecular formula is C11H19F2NO2. The quantitative estimate of drug-likeness (QED) is 0.765. The van der Waals surface area contributed by atoms with Gasteiger partial charge in [0.05, 0.1) is 31.1 Å². The normalized spacial score (nSPS) is 36.8. The Morgan fingerprint density at radius 3 is 2.31 bits per heavy atom. The van der Waals surface area contributed by atoms with E-state index < -0.39 is 29.9 Å². The van der Waals surface area contributed by atoms with Crippen LogP contribution in [0.25, 0.3) is 0 Å². The van der Waals surface area contributed by atoms with Crippen molar-refractivity contribution < 1.29 is 18.6 Å². The van der Waals surface area contributed by atoms with Crippen molar-refractivity contribution in [1.29, 1.82) is 0 Å². The molecule has 3 N–H and O–H groups in total. The van der Waals surface area contributed by atoms with Gasteiger partial charge < -0.3 is 15.6 Å². The molecule has 0 radical (unpaired) electrons. The SMILES string of the molecule is NC1(C2(O)CC(CF)(CF)C2)CCCOC1. The molecule has 1 atom stereocenters. The Labute approximate surface area is 94.0 Å².